The predicted octanol–water partition coefficient (Wildman–Crippen LogP) is 16.7. The van der Waals surface area contributed by atoms with Crippen LogP contribution in [0.25, 0.3) is 133 Å². The van der Waals surface area contributed by atoms with Gasteiger partial charge in [0.1, 0.15) is 0 Å². The maximum Gasteiger partial charge on any atom is 0.164 e. The zero-order valence-electron chi connectivity index (χ0n) is 37.9. The minimum absolute atomic E-state index is 0.592. The second-order valence-corrected chi connectivity index (χ2v) is 18.0. The fourth-order valence-electron chi connectivity index (χ4n) is 10.7. The molecule has 0 amide bonds. The van der Waals surface area contributed by atoms with Crippen LogP contribution in [-0.2, 0) is 0 Å². The normalized spacial score (nSPS) is 11.7. The maximum atomic E-state index is 5.58. The molecular formula is C65H41N5. The Morgan fingerprint density at radius 1 is 0.243 bits per heavy atom. The summed E-state index contributed by atoms with van der Waals surface area (Å²) in [4.78, 5) is 16.5. The molecule has 3 aromatic heterocycles. The molecule has 14 aromatic rings. The third-order valence-electron chi connectivity index (χ3n) is 13.9. The number of rotatable bonds is 7. The van der Waals surface area contributed by atoms with Crippen molar-refractivity contribution < 1.29 is 0 Å². The Bertz CT molecular complexity index is 4360. The lowest BCUT2D eigenvalue weighted by molar-refractivity contribution is 1.08. The van der Waals surface area contributed by atoms with E-state index in [1.807, 2.05) is 0 Å². The van der Waals surface area contributed by atoms with Gasteiger partial charge >= 0.3 is 0 Å². The molecule has 0 saturated heterocycles. The van der Waals surface area contributed by atoms with Gasteiger partial charge < -0.3 is 9.13 Å². The van der Waals surface area contributed by atoms with E-state index in [0.29, 0.717) is 17.5 Å². The van der Waals surface area contributed by atoms with Crippen LogP contribution in [0.3, 0.4) is 0 Å². The molecular weight excluding hydrogens is 851 g/mol. The maximum absolute atomic E-state index is 5.58. The number of hydrogen-bond donors (Lipinski definition) is 0. The number of aromatic nitrogens is 5. The van der Waals surface area contributed by atoms with Gasteiger partial charge in [-0.1, -0.05) is 182 Å². The third kappa shape index (κ3) is 6.44. The second-order valence-electron chi connectivity index (χ2n) is 18.0. The van der Waals surface area contributed by atoms with Gasteiger partial charge in [0.2, 0.25) is 0 Å². The largest absolute Gasteiger partial charge is 0.309 e. The Balaban J connectivity index is 1.06. The second kappa shape index (κ2) is 16.1. The van der Waals surface area contributed by atoms with Crippen LogP contribution in [0.1, 0.15) is 0 Å². The first-order valence-electron chi connectivity index (χ1n) is 23.8. The molecule has 5 nitrogen and oxygen atoms in total. The molecule has 14 rings (SSSR count). The third-order valence-corrected chi connectivity index (χ3v) is 13.9. The van der Waals surface area contributed by atoms with E-state index in [2.05, 4.69) is 258 Å². The van der Waals surface area contributed by atoms with E-state index < -0.39 is 0 Å². The first-order valence-corrected chi connectivity index (χ1v) is 23.8. The van der Waals surface area contributed by atoms with Crippen molar-refractivity contribution in [2.24, 2.45) is 0 Å². The van der Waals surface area contributed by atoms with E-state index in [-0.39, 0.29) is 0 Å². The van der Waals surface area contributed by atoms with Gasteiger partial charge in [0.05, 0.1) is 22.1 Å². The summed E-state index contributed by atoms with van der Waals surface area (Å²) in [7, 11) is 0. The van der Waals surface area contributed by atoms with Crippen LogP contribution in [0.15, 0.2) is 249 Å². The summed E-state index contributed by atoms with van der Waals surface area (Å²) in [5.74, 6) is 1.81. The minimum Gasteiger partial charge on any atom is -0.309 e. The average Bonchev–Trinajstić information content (AvgIpc) is 3.95. The highest BCUT2D eigenvalue weighted by molar-refractivity contribution is 6.16. The molecule has 11 aromatic carbocycles. The van der Waals surface area contributed by atoms with Crippen molar-refractivity contribution >= 4 is 65.2 Å². The molecule has 0 unspecified atom stereocenters. The Hall–Kier alpha value is -9.45. The molecule has 3 heterocycles. The van der Waals surface area contributed by atoms with Crippen molar-refractivity contribution in [2.75, 3.05) is 0 Å². The van der Waals surface area contributed by atoms with Crippen LogP contribution < -0.4 is 0 Å². The van der Waals surface area contributed by atoms with Crippen LogP contribution in [-0.4, -0.2) is 24.1 Å². The standard InChI is InChI=1S/C65H41N5/c1-3-19-43(20-4-1)50-26-11-12-27-51(50)56-41-49(70-58-31-15-13-28-52(58)57-39-45-22-9-10-23-46(45)40-61(57)70)36-37-53(56)64-66-63(47-35-34-42-18-7-8-21-44(42)38-47)67-65(68-64)55-30-17-33-60-62(55)54-29-14-16-32-59(54)69(60)48-24-5-2-6-25-48/h1-41H. The smallest absolute Gasteiger partial charge is 0.164 e. The van der Waals surface area contributed by atoms with E-state index in [1.54, 1.807) is 0 Å². The van der Waals surface area contributed by atoms with Gasteiger partial charge in [-0.05, 0) is 111 Å². The van der Waals surface area contributed by atoms with Crippen LogP contribution in [0.5, 0.6) is 0 Å². The molecule has 0 atom stereocenters. The first-order chi connectivity index (χ1) is 34.7. The number of benzene rings is 11. The number of nitrogens with zero attached hydrogens (tertiary/aromatic N) is 5. The first kappa shape index (κ1) is 39.7. The zero-order chi connectivity index (χ0) is 46.1. The molecule has 70 heavy (non-hydrogen) atoms. The van der Waals surface area contributed by atoms with E-state index >= 15 is 0 Å². The van der Waals surface area contributed by atoms with Gasteiger partial charge in [-0.2, -0.15) is 0 Å². The molecule has 0 saturated carbocycles. The Labute approximate surface area is 403 Å². The van der Waals surface area contributed by atoms with Crippen molar-refractivity contribution in [2.45, 2.75) is 0 Å². The average molecular weight is 892 g/mol. The van der Waals surface area contributed by atoms with Gasteiger partial charge in [0, 0.05) is 49.6 Å². The van der Waals surface area contributed by atoms with Gasteiger partial charge in [-0.25, -0.2) is 15.0 Å². The molecule has 0 radical (unpaired) electrons. The molecule has 0 aliphatic carbocycles. The fraction of sp³-hybridized carbons (Fsp3) is 0. The molecule has 326 valence electrons. The monoisotopic (exact) mass is 891 g/mol. The highest BCUT2D eigenvalue weighted by atomic mass is 15.0. The number of hydrogen-bond acceptors (Lipinski definition) is 3. The van der Waals surface area contributed by atoms with Crippen molar-refractivity contribution in [3.8, 4) is 67.8 Å². The van der Waals surface area contributed by atoms with Crippen LogP contribution in [0, 0.1) is 0 Å². The molecule has 0 bridgehead atoms. The van der Waals surface area contributed by atoms with Gasteiger partial charge in [-0.3, -0.25) is 0 Å². The van der Waals surface area contributed by atoms with Gasteiger partial charge in [0.15, 0.2) is 17.5 Å². The molecule has 5 heteroatoms. The quantitative estimate of drug-likeness (QED) is 0.160. The summed E-state index contributed by atoms with van der Waals surface area (Å²) in [6.45, 7) is 0. The lowest BCUT2D eigenvalue weighted by Gasteiger charge is -2.18. The molecule has 0 fully saturated rings. The minimum atomic E-state index is 0.592. The molecule has 0 aliphatic heterocycles. The summed E-state index contributed by atoms with van der Waals surface area (Å²) < 4.78 is 4.76. The zero-order valence-corrected chi connectivity index (χ0v) is 37.9. The summed E-state index contributed by atoms with van der Waals surface area (Å²) >= 11 is 0. The van der Waals surface area contributed by atoms with E-state index in [0.717, 1.165) is 93.9 Å². The summed E-state index contributed by atoms with van der Waals surface area (Å²) in [6, 6.07) is 88.8. The summed E-state index contributed by atoms with van der Waals surface area (Å²) in [5.41, 5.74) is 13.8. The summed E-state index contributed by atoms with van der Waals surface area (Å²) in [5, 5.41) is 9.35. The Morgan fingerprint density at radius 3 is 1.59 bits per heavy atom. The summed E-state index contributed by atoms with van der Waals surface area (Å²) in [6.07, 6.45) is 0. The van der Waals surface area contributed by atoms with E-state index in [4.69, 9.17) is 15.0 Å². The highest BCUT2D eigenvalue weighted by Crippen LogP contribution is 2.43. The lowest BCUT2D eigenvalue weighted by atomic mass is 9.91. The predicted molar refractivity (Wildman–Crippen MR) is 291 cm³/mol. The lowest BCUT2D eigenvalue weighted by Crippen LogP contribution is -2.03. The van der Waals surface area contributed by atoms with Crippen LogP contribution >= 0.6 is 0 Å². The van der Waals surface area contributed by atoms with Gasteiger partial charge in [0.25, 0.3) is 0 Å². The van der Waals surface area contributed by atoms with Crippen molar-refractivity contribution in [3.05, 3.63) is 249 Å². The Morgan fingerprint density at radius 2 is 0.800 bits per heavy atom. The number of para-hydroxylation sites is 3. The van der Waals surface area contributed by atoms with Crippen LogP contribution in [0.2, 0.25) is 0 Å². The van der Waals surface area contributed by atoms with Crippen LogP contribution in [0.4, 0.5) is 0 Å². The van der Waals surface area contributed by atoms with Crippen molar-refractivity contribution in [1.29, 1.82) is 0 Å². The number of fused-ring (bicyclic) bond motifs is 8. The van der Waals surface area contributed by atoms with E-state index in [1.165, 1.54) is 21.5 Å². The molecule has 0 N–H and O–H groups in total. The van der Waals surface area contributed by atoms with E-state index in [9.17, 15) is 0 Å². The molecule has 0 spiro atoms. The topological polar surface area (TPSA) is 48.5 Å². The van der Waals surface area contributed by atoms with Gasteiger partial charge in [-0.15, -0.1) is 0 Å². The fourth-order valence-corrected chi connectivity index (χ4v) is 10.7. The SMILES string of the molecule is c1ccc(-c2ccccc2-c2cc(-n3c4ccccc4c4cc5ccccc5cc43)ccc2-c2nc(-c3ccc4ccccc4c3)nc(-c3cccc4c3c3ccccc3n4-c3ccccc3)n2)cc1. The highest BCUT2D eigenvalue weighted by Gasteiger charge is 2.23. The molecule has 0 aliphatic rings. The van der Waals surface area contributed by atoms with Crippen molar-refractivity contribution in [1.82, 2.24) is 24.1 Å². The Kier molecular flexibility index (Phi) is 9.14. The van der Waals surface area contributed by atoms with Crippen molar-refractivity contribution in [3.63, 3.8) is 0 Å².